The molecule has 0 saturated heterocycles. The number of ether oxygens (including phenoxy) is 1. The van der Waals surface area contributed by atoms with E-state index in [1.54, 1.807) is 24.3 Å². The summed E-state index contributed by atoms with van der Waals surface area (Å²) in [7, 11) is 0. The molecular weight excluding hydrogens is 446 g/mol. The zero-order valence-electron chi connectivity index (χ0n) is 17.1. The molecule has 1 heterocycles. The van der Waals surface area contributed by atoms with E-state index in [2.05, 4.69) is 5.32 Å². The van der Waals surface area contributed by atoms with Crippen LogP contribution in [0.1, 0.15) is 10.4 Å². The van der Waals surface area contributed by atoms with Crippen LogP contribution in [-0.2, 0) is 14.3 Å². The fourth-order valence-electron chi connectivity index (χ4n) is 3.23. The van der Waals surface area contributed by atoms with Crippen LogP contribution < -0.4 is 10.2 Å². The summed E-state index contributed by atoms with van der Waals surface area (Å²) in [6, 6.07) is 19.9. The molecule has 4 rings (SSSR count). The smallest absolute Gasteiger partial charge is 0.338 e. The number of nitro benzene ring substituents is 1. The predicted octanol–water partition coefficient (Wildman–Crippen LogP) is 3.89. The molecule has 0 aromatic heterocycles. The second-order valence-corrected chi connectivity index (χ2v) is 8.09. The van der Waals surface area contributed by atoms with Crippen molar-refractivity contribution >= 4 is 46.6 Å². The van der Waals surface area contributed by atoms with Crippen LogP contribution in [0, 0.1) is 10.1 Å². The molecule has 33 heavy (non-hydrogen) atoms. The van der Waals surface area contributed by atoms with Crippen molar-refractivity contribution < 1.29 is 24.0 Å². The van der Waals surface area contributed by atoms with Crippen molar-refractivity contribution in [2.75, 3.05) is 23.4 Å². The van der Waals surface area contributed by atoms with Gasteiger partial charge in [-0.1, -0.05) is 42.1 Å². The highest BCUT2D eigenvalue weighted by Gasteiger charge is 2.27. The number of para-hydroxylation sites is 2. The molecule has 0 radical (unpaired) electrons. The summed E-state index contributed by atoms with van der Waals surface area (Å²) in [5.74, 6) is -1.83. The van der Waals surface area contributed by atoms with E-state index in [0.29, 0.717) is 16.3 Å². The molecule has 0 atom stereocenters. The lowest BCUT2D eigenvalue weighted by molar-refractivity contribution is -0.387. The van der Waals surface area contributed by atoms with Crippen LogP contribution in [0.5, 0.6) is 0 Å². The molecule has 166 valence electrons. The molecule has 10 heteroatoms. The van der Waals surface area contributed by atoms with E-state index >= 15 is 0 Å². The van der Waals surface area contributed by atoms with Gasteiger partial charge < -0.3 is 10.1 Å². The normalized spacial score (nSPS) is 12.5. The van der Waals surface area contributed by atoms with E-state index in [1.165, 1.54) is 28.8 Å². The average molecular weight is 463 g/mol. The summed E-state index contributed by atoms with van der Waals surface area (Å²) in [5, 5.41) is 14.2. The quantitative estimate of drug-likeness (QED) is 0.335. The Morgan fingerprint density at radius 1 is 1.06 bits per heavy atom. The molecule has 0 spiro atoms. The number of carbonyl (C=O) groups excluding carboxylic acids is 3. The maximum atomic E-state index is 12.6. The van der Waals surface area contributed by atoms with Crippen molar-refractivity contribution in [3.63, 3.8) is 0 Å². The number of fused-ring (bicyclic) bond motifs is 1. The lowest BCUT2D eigenvalue weighted by Gasteiger charge is -2.28. The molecule has 2 amide bonds. The van der Waals surface area contributed by atoms with Crippen molar-refractivity contribution in [1.29, 1.82) is 0 Å². The molecule has 1 aliphatic heterocycles. The highest BCUT2D eigenvalue weighted by Crippen LogP contribution is 2.35. The summed E-state index contributed by atoms with van der Waals surface area (Å²) in [6.45, 7) is -0.820. The Bertz CT molecular complexity index is 1250. The van der Waals surface area contributed by atoms with E-state index in [1.807, 2.05) is 30.3 Å². The fourth-order valence-corrected chi connectivity index (χ4v) is 4.15. The van der Waals surface area contributed by atoms with Gasteiger partial charge in [0.05, 0.1) is 26.8 Å². The monoisotopic (exact) mass is 463 g/mol. The summed E-state index contributed by atoms with van der Waals surface area (Å²) in [4.78, 5) is 50.4. The lowest BCUT2D eigenvalue weighted by Crippen LogP contribution is -2.44. The highest BCUT2D eigenvalue weighted by atomic mass is 32.2. The van der Waals surface area contributed by atoms with Gasteiger partial charge in [-0.2, -0.15) is 0 Å². The second-order valence-electron chi connectivity index (χ2n) is 6.98. The minimum Gasteiger partial charge on any atom is -0.452 e. The topological polar surface area (TPSA) is 119 Å². The number of benzene rings is 3. The van der Waals surface area contributed by atoms with E-state index in [-0.39, 0.29) is 23.7 Å². The molecule has 0 fully saturated rings. The largest absolute Gasteiger partial charge is 0.452 e. The van der Waals surface area contributed by atoms with Crippen molar-refractivity contribution in [1.82, 2.24) is 0 Å². The van der Waals surface area contributed by atoms with Gasteiger partial charge in [-0.3, -0.25) is 24.6 Å². The zero-order chi connectivity index (χ0) is 23.4. The molecule has 0 saturated carbocycles. The third kappa shape index (κ3) is 5.01. The third-order valence-electron chi connectivity index (χ3n) is 4.76. The maximum absolute atomic E-state index is 12.6. The molecule has 0 bridgehead atoms. The first kappa shape index (κ1) is 22.0. The van der Waals surface area contributed by atoms with Gasteiger partial charge in [-0.25, -0.2) is 4.79 Å². The van der Waals surface area contributed by atoms with Crippen molar-refractivity contribution in [3.05, 3.63) is 88.5 Å². The Morgan fingerprint density at radius 3 is 2.55 bits per heavy atom. The van der Waals surface area contributed by atoms with Crippen molar-refractivity contribution in [3.8, 4) is 0 Å². The van der Waals surface area contributed by atoms with Crippen LogP contribution >= 0.6 is 11.8 Å². The number of nitrogens with one attached hydrogen (secondary N) is 1. The van der Waals surface area contributed by atoms with Gasteiger partial charge in [0.15, 0.2) is 6.61 Å². The predicted molar refractivity (Wildman–Crippen MR) is 121 cm³/mol. The minimum atomic E-state index is -0.877. The minimum absolute atomic E-state index is 0.0521. The Kier molecular flexibility index (Phi) is 6.36. The molecule has 1 aliphatic rings. The zero-order valence-corrected chi connectivity index (χ0v) is 17.9. The summed E-state index contributed by atoms with van der Waals surface area (Å²) in [5.41, 5.74) is 0.682. The van der Waals surface area contributed by atoms with Gasteiger partial charge in [0, 0.05) is 11.0 Å². The Balaban J connectivity index is 1.46. The van der Waals surface area contributed by atoms with Gasteiger partial charge in [-0.05, 0) is 36.4 Å². The van der Waals surface area contributed by atoms with E-state index in [9.17, 15) is 24.5 Å². The maximum Gasteiger partial charge on any atom is 0.338 e. The lowest BCUT2D eigenvalue weighted by atomic mass is 10.2. The van der Waals surface area contributed by atoms with Crippen LogP contribution in [0.2, 0.25) is 0 Å². The van der Waals surface area contributed by atoms with Gasteiger partial charge in [0.2, 0.25) is 5.91 Å². The Morgan fingerprint density at radius 2 is 1.79 bits per heavy atom. The molecular formula is C23H17N3O6S. The number of amides is 2. The number of hydrogen-bond acceptors (Lipinski definition) is 7. The highest BCUT2D eigenvalue weighted by molar-refractivity contribution is 7.99. The molecule has 9 nitrogen and oxygen atoms in total. The number of rotatable bonds is 6. The van der Waals surface area contributed by atoms with Crippen molar-refractivity contribution in [2.45, 2.75) is 9.79 Å². The van der Waals surface area contributed by atoms with Crippen molar-refractivity contribution in [2.24, 2.45) is 0 Å². The summed E-state index contributed by atoms with van der Waals surface area (Å²) < 4.78 is 5.10. The first-order valence-corrected chi connectivity index (χ1v) is 10.6. The summed E-state index contributed by atoms with van der Waals surface area (Å²) >= 11 is 1.20. The molecule has 1 N–H and O–H groups in total. The SMILES string of the molecule is O=C1CN(C(=O)COC(=O)c2ccc(Sc3ccccc3)c([N+](=O)[O-])c2)c2ccccc2N1. The fraction of sp³-hybridized carbons (Fsp3) is 0.0870. The standard InChI is InChI=1S/C23H17N3O6S/c27-21-13-25(18-9-5-4-8-17(18)24-21)22(28)14-32-23(29)15-10-11-20(19(12-15)26(30)31)33-16-6-2-1-3-7-16/h1-12H,13-14H2,(H,24,27). The first-order valence-electron chi connectivity index (χ1n) is 9.80. The van der Waals surface area contributed by atoms with Crippen LogP contribution in [0.3, 0.4) is 0 Å². The Hall–Kier alpha value is -4.18. The molecule has 0 aliphatic carbocycles. The van der Waals surface area contributed by atoms with Crippen LogP contribution in [0.15, 0.2) is 82.6 Å². The first-order chi connectivity index (χ1) is 15.9. The molecule has 3 aromatic rings. The average Bonchev–Trinajstić information content (AvgIpc) is 2.82. The van der Waals surface area contributed by atoms with Crippen LogP contribution in [0.4, 0.5) is 17.1 Å². The molecule has 0 unspecified atom stereocenters. The number of nitro groups is 1. The number of nitrogens with zero attached hydrogens (tertiary/aromatic N) is 2. The van der Waals surface area contributed by atoms with E-state index in [4.69, 9.17) is 4.74 Å². The third-order valence-corrected chi connectivity index (χ3v) is 5.83. The number of anilines is 2. The molecule has 3 aromatic carbocycles. The Labute approximate surface area is 192 Å². The summed E-state index contributed by atoms with van der Waals surface area (Å²) in [6.07, 6.45) is 0. The van der Waals surface area contributed by atoms with Crippen LogP contribution in [0.25, 0.3) is 0 Å². The van der Waals surface area contributed by atoms with E-state index in [0.717, 1.165) is 11.0 Å². The number of carbonyl (C=O) groups is 3. The van der Waals surface area contributed by atoms with Gasteiger partial charge in [0.1, 0.15) is 6.54 Å². The van der Waals surface area contributed by atoms with E-state index < -0.39 is 23.4 Å². The van der Waals surface area contributed by atoms with Crippen LogP contribution in [-0.4, -0.2) is 35.9 Å². The van der Waals surface area contributed by atoms with Gasteiger partial charge >= 0.3 is 5.97 Å². The number of hydrogen-bond donors (Lipinski definition) is 1. The number of esters is 1. The second kappa shape index (κ2) is 9.53. The van der Waals surface area contributed by atoms with Gasteiger partial charge in [0.25, 0.3) is 11.6 Å². The van der Waals surface area contributed by atoms with Gasteiger partial charge in [-0.15, -0.1) is 0 Å².